The molecular formula is C9H21NOS. The van der Waals surface area contributed by atoms with Gasteiger partial charge < -0.3 is 10.4 Å². The number of nitrogens with one attached hydrogen (secondary N) is 1. The summed E-state index contributed by atoms with van der Waals surface area (Å²) < 4.78 is 0. The van der Waals surface area contributed by atoms with Crippen molar-refractivity contribution in [3.05, 3.63) is 0 Å². The number of hydrogen-bond acceptors (Lipinski definition) is 3. The van der Waals surface area contributed by atoms with Crippen LogP contribution < -0.4 is 5.32 Å². The third kappa shape index (κ3) is 8.37. The summed E-state index contributed by atoms with van der Waals surface area (Å²) in [6, 6.07) is 0.544. The Balaban J connectivity index is 3.31. The van der Waals surface area contributed by atoms with Crippen molar-refractivity contribution in [2.75, 3.05) is 18.6 Å². The minimum atomic E-state index is -0.536. The van der Waals surface area contributed by atoms with E-state index in [0.717, 1.165) is 18.7 Å². The van der Waals surface area contributed by atoms with Crippen LogP contribution >= 0.6 is 11.8 Å². The molecule has 0 fully saturated rings. The maximum atomic E-state index is 9.42. The Labute approximate surface area is 80.1 Å². The molecule has 0 radical (unpaired) electrons. The van der Waals surface area contributed by atoms with E-state index in [2.05, 4.69) is 18.5 Å². The third-order valence-electron chi connectivity index (χ3n) is 1.65. The summed E-state index contributed by atoms with van der Waals surface area (Å²) in [5.74, 6) is 1.13. The summed E-state index contributed by atoms with van der Waals surface area (Å²) >= 11 is 1.84. The van der Waals surface area contributed by atoms with Crippen molar-refractivity contribution in [3.63, 3.8) is 0 Å². The fourth-order valence-corrected chi connectivity index (χ4v) is 1.55. The molecule has 0 saturated carbocycles. The quantitative estimate of drug-likeness (QED) is 0.667. The zero-order valence-electron chi connectivity index (χ0n) is 8.55. The highest BCUT2D eigenvalue weighted by molar-refractivity contribution is 7.98. The first-order chi connectivity index (χ1) is 5.45. The fraction of sp³-hybridized carbons (Fsp3) is 1.00. The van der Waals surface area contributed by atoms with Crippen molar-refractivity contribution >= 4 is 11.8 Å². The van der Waals surface area contributed by atoms with Crippen LogP contribution in [0.25, 0.3) is 0 Å². The lowest BCUT2D eigenvalue weighted by Gasteiger charge is -2.19. The highest BCUT2D eigenvalue weighted by Crippen LogP contribution is 2.05. The molecule has 0 aliphatic heterocycles. The first kappa shape index (κ1) is 12.3. The van der Waals surface area contributed by atoms with Gasteiger partial charge in [0.1, 0.15) is 0 Å². The Morgan fingerprint density at radius 1 is 1.50 bits per heavy atom. The first-order valence-corrected chi connectivity index (χ1v) is 5.80. The molecule has 1 unspecified atom stereocenters. The average molecular weight is 191 g/mol. The zero-order chi connectivity index (χ0) is 9.61. The second kappa shape index (κ2) is 5.84. The van der Waals surface area contributed by atoms with Crippen molar-refractivity contribution < 1.29 is 5.11 Å². The molecule has 0 heterocycles. The SMILES string of the molecule is CSCC(C)NCCC(C)(C)O. The largest absolute Gasteiger partial charge is 0.390 e. The molecule has 0 aromatic carbocycles. The predicted octanol–water partition coefficient (Wildman–Crippen LogP) is 1.49. The zero-order valence-corrected chi connectivity index (χ0v) is 9.37. The molecule has 2 N–H and O–H groups in total. The van der Waals surface area contributed by atoms with Crippen LogP contribution in [0.4, 0.5) is 0 Å². The van der Waals surface area contributed by atoms with E-state index in [1.807, 2.05) is 25.6 Å². The van der Waals surface area contributed by atoms with Gasteiger partial charge in [-0.05, 0) is 40.0 Å². The van der Waals surface area contributed by atoms with Crippen molar-refractivity contribution in [2.24, 2.45) is 0 Å². The van der Waals surface area contributed by atoms with Crippen molar-refractivity contribution in [3.8, 4) is 0 Å². The van der Waals surface area contributed by atoms with Gasteiger partial charge in [0.05, 0.1) is 5.60 Å². The fourth-order valence-electron chi connectivity index (χ4n) is 0.933. The van der Waals surface area contributed by atoms with Crippen LogP contribution in [0, 0.1) is 0 Å². The summed E-state index contributed by atoms with van der Waals surface area (Å²) in [6.07, 6.45) is 2.92. The van der Waals surface area contributed by atoms with Gasteiger partial charge >= 0.3 is 0 Å². The lowest BCUT2D eigenvalue weighted by atomic mass is 10.1. The second-order valence-electron chi connectivity index (χ2n) is 3.87. The maximum Gasteiger partial charge on any atom is 0.0603 e. The van der Waals surface area contributed by atoms with E-state index in [-0.39, 0.29) is 0 Å². The standard InChI is InChI=1S/C9H21NOS/c1-8(7-12-4)10-6-5-9(2,3)11/h8,10-11H,5-7H2,1-4H3. The summed E-state index contributed by atoms with van der Waals surface area (Å²) in [5, 5.41) is 12.8. The van der Waals surface area contributed by atoms with Crippen LogP contribution in [0.15, 0.2) is 0 Å². The lowest BCUT2D eigenvalue weighted by molar-refractivity contribution is 0.0707. The van der Waals surface area contributed by atoms with Gasteiger partial charge in [0, 0.05) is 11.8 Å². The Bertz CT molecular complexity index is 112. The second-order valence-corrected chi connectivity index (χ2v) is 4.78. The molecule has 0 aliphatic carbocycles. The maximum absolute atomic E-state index is 9.42. The minimum Gasteiger partial charge on any atom is -0.390 e. The lowest BCUT2D eigenvalue weighted by Crippen LogP contribution is -2.33. The first-order valence-electron chi connectivity index (χ1n) is 4.40. The molecule has 0 amide bonds. The number of aliphatic hydroxyl groups is 1. The molecule has 1 atom stereocenters. The van der Waals surface area contributed by atoms with Gasteiger partial charge in [-0.1, -0.05) is 0 Å². The van der Waals surface area contributed by atoms with Crippen molar-refractivity contribution in [1.82, 2.24) is 5.32 Å². The van der Waals surface area contributed by atoms with Gasteiger partial charge in [0.15, 0.2) is 0 Å². The molecule has 0 aromatic rings. The summed E-state index contributed by atoms with van der Waals surface area (Å²) in [6.45, 7) is 6.74. The highest BCUT2D eigenvalue weighted by Gasteiger charge is 2.11. The molecule has 3 heteroatoms. The van der Waals surface area contributed by atoms with E-state index in [9.17, 15) is 5.11 Å². The van der Waals surface area contributed by atoms with Crippen LogP contribution in [-0.2, 0) is 0 Å². The van der Waals surface area contributed by atoms with Gasteiger partial charge in [0.25, 0.3) is 0 Å². The van der Waals surface area contributed by atoms with Crippen LogP contribution in [-0.4, -0.2) is 35.3 Å². The Kier molecular flexibility index (Phi) is 5.97. The summed E-state index contributed by atoms with van der Waals surface area (Å²) in [4.78, 5) is 0. The van der Waals surface area contributed by atoms with E-state index in [1.165, 1.54) is 0 Å². The number of rotatable bonds is 6. The molecule has 0 aliphatic rings. The van der Waals surface area contributed by atoms with Crippen LogP contribution in [0.3, 0.4) is 0 Å². The summed E-state index contributed by atoms with van der Waals surface area (Å²) in [7, 11) is 0. The molecule has 0 rings (SSSR count). The van der Waals surface area contributed by atoms with E-state index >= 15 is 0 Å². The van der Waals surface area contributed by atoms with Crippen LogP contribution in [0.1, 0.15) is 27.2 Å². The monoisotopic (exact) mass is 191 g/mol. The Morgan fingerprint density at radius 3 is 2.50 bits per heavy atom. The predicted molar refractivity (Wildman–Crippen MR) is 56.8 cm³/mol. The number of thioether (sulfide) groups is 1. The van der Waals surface area contributed by atoms with Crippen LogP contribution in [0.2, 0.25) is 0 Å². The van der Waals surface area contributed by atoms with Crippen molar-refractivity contribution in [2.45, 2.75) is 38.8 Å². The smallest absolute Gasteiger partial charge is 0.0603 e. The normalized spacial score (nSPS) is 14.8. The van der Waals surface area contributed by atoms with Crippen LogP contribution in [0.5, 0.6) is 0 Å². The summed E-state index contributed by atoms with van der Waals surface area (Å²) in [5.41, 5.74) is -0.536. The Hall–Kier alpha value is 0.270. The molecule has 12 heavy (non-hydrogen) atoms. The van der Waals surface area contributed by atoms with Gasteiger partial charge in [0.2, 0.25) is 0 Å². The van der Waals surface area contributed by atoms with E-state index in [0.29, 0.717) is 6.04 Å². The number of hydrogen-bond donors (Lipinski definition) is 2. The highest BCUT2D eigenvalue weighted by atomic mass is 32.2. The van der Waals surface area contributed by atoms with Gasteiger partial charge in [-0.25, -0.2) is 0 Å². The third-order valence-corrected chi connectivity index (χ3v) is 2.48. The van der Waals surface area contributed by atoms with Gasteiger partial charge in [-0.3, -0.25) is 0 Å². The van der Waals surface area contributed by atoms with Gasteiger partial charge in [-0.15, -0.1) is 0 Å². The molecule has 0 aromatic heterocycles. The molecular weight excluding hydrogens is 170 g/mol. The van der Waals surface area contributed by atoms with E-state index < -0.39 is 5.60 Å². The Morgan fingerprint density at radius 2 is 2.08 bits per heavy atom. The molecule has 0 bridgehead atoms. The van der Waals surface area contributed by atoms with E-state index in [4.69, 9.17) is 0 Å². The molecule has 0 saturated heterocycles. The topological polar surface area (TPSA) is 32.3 Å². The minimum absolute atomic E-state index is 0.536. The van der Waals surface area contributed by atoms with E-state index in [1.54, 1.807) is 0 Å². The van der Waals surface area contributed by atoms with Gasteiger partial charge in [-0.2, -0.15) is 11.8 Å². The molecule has 74 valence electrons. The molecule has 2 nitrogen and oxygen atoms in total. The average Bonchev–Trinajstić information content (AvgIpc) is 1.84. The molecule has 0 spiro atoms. The van der Waals surface area contributed by atoms with Crippen molar-refractivity contribution in [1.29, 1.82) is 0 Å².